The largest absolute Gasteiger partial charge is 0.767 e. The predicted octanol–water partition coefficient (Wildman–Crippen LogP) is 9.29. The molecular formula is C46H49N4O9S2-. The Hall–Kier alpha value is -6.16. The van der Waals surface area contributed by atoms with Crippen LogP contribution in [0.1, 0.15) is 71.5 Å². The van der Waals surface area contributed by atoms with Crippen molar-refractivity contribution in [1.29, 1.82) is 0 Å². The summed E-state index contributed by atoms with van der Waals surface area (Å²) in [5.41, 5.74) is 6.38. The zero-order chi connectivity index (χ0) is 43.9. The van der Waals surface area contributed by atoms with Gasteiger partial charge in [-0.15, -0.1) is 0 Å². The molecule has 0 aliphatic carbocycles. The van der Waals surface area contributed by atoms with Crippen molar-refractivity contribution in [2.24, 2.45) is 21.4 Å². The van der Waals surface area contributed by atoms with Gasteiger partial charge in [-0.2, -0.15) is 0 Å². The van der Waals surface area contributed by atoms with E-state index in [9.17, 15) is 22.0 Å². The van der Waals surface area contributed by atoms with Crippen LogP contribution in [-0.4, -0.2) is 58.3 Å². The lowest BCUT2D eigenvalue weighted by Crippen LogP contribution is -2.28. The molecule has 5 aromatic rings. The molecule has 0 N–H and O–H groups in total. The van der Waals surface area contributed by atoms with E-state index in [1.165, 1.54) is 10.5 Å². The SMILES string of the molecule is CC1C(OC(=O)N(C)C)=NOC1c1ccccc1.Cc1ccc(C2CC(S(=O)(=O)c3ccc(C)cc3)=NO2)cc1.Cc1ccccc1.O=S([O-])C1=NOC(c2ccccc2)C1. The third kappa shape index (κ3) is 13.2. The first-order valence-electron chi connectivity index (χ1n) is 19.4. The molecule has 0 aromatic heterocycles. The fourth-order valence-corrected chi connectivity index (χ4v) is 7.53. The van der Waals surface area contributed by atoms with Gasteiger partial charge in [0.05, 0.1) is 10.8 Å². The van der Waals surface area contributed by atoms with Crippen LogP contribution in [-0.2, 0) is 40.2 Å². The molecule has 5 atom stereocenters. The van der Waals surface area contributed by atoms with Gasteiger partial charge in [0.2, 0.25) is 15.7 Å². The second kappa shape index (κ2) is 21.9. The summed E-state index contributed by atoms with van der Waals surface area (Å²) in [6.45, 7) is 7.93. The molecule has 0 saturated heterocycles. The summed E-state index contributed by atoms with van der Waals surface area (Å²) in [4.78, 5) is 28.7. The summed E-state index contributed by atoms with van der Waals surface area (Å²) in [7, 11) is -0.333. The van der Waals surface area contributed by atoms with Gasteiger partial charge in [0.1, 0.15) is 5.04 Å². The highest BCUT2D eigenvalue weighted by atomic mass is 32.2. The zero-order valence-electron chi connectivity index (χ0n) is 34.8. The molecule has 3 aliphatic heterocycles. The Labute approximate surface area is 359 Å². The Kier molecular flexibility index (Phi) is 16.5. The van der Waals surface area contributed by atoms with Crippen LogP contribution in [0.25, 0.3) is 0 Å². The van der Waals surface area contributed by atoms with Crippen molar-refractivity contribution in [3.05, 3.63) is 173 Å². The fourth-order valence-electron chi connectivity index (χ4n) is 5.86. The van der Waals surface area contributed by atoms with Crippen molar-refractivity contribution in [3.63, 3.8) is 0 Å². The maximum atomic E-state index is 12.6. The van der Waals surface area contributed by atoms with Crippen LogP contribution in [0.2, 0.25) is 0 Å². The van der Waals surface area contributed by atoms with Crippen LogP contribution >= 0.6 is 0 Å². The number of amides is 1. The average Bonchev–Trinajstić information content (AvgIpc) is 4.05. The van der Waals surface area contributed by atoms with Crippen LogP contribution in [0.15, 0.2) is 160 Å². The van der Waals surface area contributed by atoms with Crippen molar-refractivity contribution in [1.82, 2.24) is 4.90 Å². The number of benzene rings is 5. The topological polar surface area (TPSA) is 169 Å². The van der Waals surface area contributed by atoms with Gasteiger partial charge in [-0.3, -0.25) is 4.21 Å². The lowest BCUT2D eigenvalue weighted by atomic mass is 9.98. The summed E-state index contributed by atoms with van der Waals surface area (Å²) in [5, 5.41) is 11.3. The van der Waals surface area contributed by atoms with Crippen LogP contribution < -0.4 is 0 Å². The minimum absolute atomic E-state index is 0.0823. The molecule has 61 heavy (non-hydrogen) atoms. The lowest BCUT2D eigenvalue weighted by molar-refractivity contribution is 0.0653. The van der Waals surface area contributed by atoms with E-state index in [0.29, 0.717) is 12.3 Å². The Balaban J connectivity index is 0.000000163. The number of ether oxygens (including phenoxy) is 1. The number of hydrogen-bond acceptors (Lipinski definition) is 12. The molecule has 8 rings (SSSR count). The highest BCUT2D eigenvalue weighted by molar-refractivity contribution is 8.06. The summed E-state index contributed by atoms with van der Waals surface area (Å²) in [6, 6.07) is 44.0. The quantitative estimate of drug-likeness (QED) is 0.160. The first kappa shape index (κ1) is 45.9. The molecule has 1 amide bonds. The average molecular weight is 866 g/mol. The molecule has 0 spiro atoms. The summed E-state index contributed by atoms with van der Waals surface area (Å²) in [6.07, 6.45) is -0.659. The predicted molar refractivity (Wildman–Crippen MR) is 235 cm³/mol. The molecule has 3 heterocycles. The number of oxime groups is 3. The van der Waals surface area contributed by atoms with E-state index in [2.05, 4.69) is 34.5 Å². The van der Waals surface area contributed by atoms with Crippen molar-refractivity contribution >= 4 is 43.0 Å². The molecule has 5 unspecified atom stereocenters. The van der Waals surface area contributed by atoms with Crippen LogP contribution in [0.3, 0.4) is 0 Å². The standard InChI is InChI=1S/C17H17NO3S.C13H16N2O3.C9H9NO3S.C7H8/c1-12-3-7-14(8-4-12)16-11-17(18-21-16)22(19,20)15-9-5-13(2)6-10-15;1-9-11(10-7-5-4-6-8-10)18-14-12(9)17-13(16)15(2)3;11-14(12)9-6-8(13-10-9)7-4-2-1-3-5-7;1-7-5-3-2-4-6-7/h3-10,16H,11H2,1-2H3;4-9,11H,1-3H3;1-5,8H,6H2,(H,11,12);2-6H,1H3/p-1. The van der Waals surface area contributed by atoms with Gasteiger partial charge in [-0.1, -0.05) is 160 Å². The maximum absolute atomic E-state index is 12.6. The normalized spacial score (nSPS) is 19.2. The van der Waals surface area contributed by atoms with Gasteiger partial charge in [0.15, 0.2) is 23.4 Å². The lowest BCUT2D eigenvalue weighted by Gasteiger charge is -2.15. The van der Waals surface area contributed by atoms with Crippen LogP contribution in [0, 0.1) is 26.7 Å². The van der Waals surface area contributed by atoms with Crippen LogP contribution in [0.4, 0.5) is 4.79 Å². The van der Waals surface area contributed by atoms with Crippen molar-refractivity contribution in [3.8, 4) is 0 Å². The number of rotatable bonds is 4. The molecule has 5 aromatic carbocycles. The number of carbonyl (C=O) groups excluding carboxylic acids is 1. The van der Waals surface area contributed by atoms with E-state index in [1.54, 1.807) is 38.4 Å². The number of carbonyl (C=O) groups is 1. The van der Waals surface area contributed by atoms with Crippen LogP contribution in [0.5, 0.6) is 0 Å². The summed E-state index contributed by atoms with van der Waals surface area (Å²) < 4.78 is 51.4. The van der Waals surface area contributed by atoms with E-state index < -0.39 is 27.0 Å². The van der Waals surface area contributed by atoms with Crippen molar-refractivity contribution < 1.29 is 41.2 Å². The number of nitrogens with zero attached hydrogens (tertiary/aromatic N) is 4. The Morgan fingerprint density at radius 3 is 1.64 bits per heavy atom. The van der Waals surface area contributed by atoms with Gasteiger partial charge >= 0.3 is 6.09 Å². The second-order valence-electron chi connectivity index (χ2n) is 14.5. The molecule has 0 radical (unpaired) electrons. The minimum Gasteiger partial charge on any atom is -0.767 e. The summed E-state index contributed by atoms with van der Waals surface area (Å²) in [5.74, 6) is 0.235. The molecular weight excluding hydrogens is 817 g/mol. The highest BCUT2D eigenvalue weighted by Gasteiger charge is 2.35. The third-order valence-electron chi connectivity index (χ3n) is 9.46. The van der Waals surface area contributed by atoms with Gasteiger partial charge in [0.25, 0.3) is 0 Å². The number of sulfone groups is 1. The Morgan fingerprint density at radius 2 is 1.13 bits per heavy atom. The fraction of sp³-hybridized carbons (Fsp3) is 0.261. The Morgan fingerprint density at radius 1 is 0.656 bits per heavy atom. The second-order valence-corrected chi connectivity index (χ2v) is 17.4. The van der Waals surface area contributed by atoms with Crippen molar-refractivity contribution in [2.45, 2.75) is 63.7 Å². The molecule has 3 aliphatic rings. The molecule has 0 fully saturated rings. The van der Waals surface area contributed by atoms with E-state index in [-0.39, 0.29) is 45.6 Å². The first-order chi connectivity index (χ1) is 29.2. The summed E-state index contributed by atoms with van der Waals surface area (Å²) >= 11 is -2.26. The number of hydrogen-bond donors (Lipinski definition) is 0. The zero-order valence-corrected chi connectivity index (χ0v) is 36.4. The van der Waals surface area contributed by atoms with E-state index >= 15 is 0 Å². The first-order valence-corrected chi connectivity index (χ1v) is 22.0. The van der Waals surface area contributed by atoms with Gasteiger partial charge in [-0.05, 0) is 67.6 Å². The smallest absolute Gasteiger partial charge is 0.415 e. The third-order valence-corrected chi connectivity index (χ3v) is 11.8. The molecule has 320 valence electrons. The minimum atomic E-state index is -3.58. The highest BCUT2D eigenvalue weighted by Crippen LogP contribution is 2.33. The van der Waals surface area contributed by atoms with Gasteiger partial charge < -0.3 is 28.7 Å². The van der Waals surface area contributed by atoms with Gasteiger partial charge in [-0.25, -0.2) is 13.2 Å². The molecule has 0 saturated carbocycles. The van der Waals surface area contributed by atoms with E-state index in [4.69, 9.17) is 19.2 Å². The van der Waals surface area contributed by atoms with E-state index in [0.717, 1.165) is 27.8 Å². The monoisotopic (exact) mass is 865 g/mol. The number of aryl methyl sites for hydroxylation is 3. The molecule has 0 bridgehead atoms. The Bertz CT molecular complexity index is 2410. The maximum Gasteiger partial charge on any atom is 0.415 e. The van der Waals surface area contributed by atoms with Crippen molar-refractivity contribution in [2.75, 3.05) is 14.1 Å². The van der Waals surface area contributed by atoms with Gasteiger partial charge in [0, 0.05) is 26.9 Å². The van der Waals surface area contributed by atoms with E-state index in [1.807, 2.05) is 124 Å². The molecule has 15 heteroatoms. The molecule has 13 nitrogen and oxygen atoms in total.